The van der Waals surface area contributed by atoms with E-state index in [1.54, 1.807) is 0 Å². The summed E-state index contributed by atoms with van der Waals surface area (Å²) in [5.74, 6) is 1.12. The molecule has 16 heavy (non-hydrogen) atoms. The molecule has 2 rings (SSSR count). The van der Waals surface area contributed by atoms with Gasteiger partial charge in [0.15, 0.2) is 0 Å². The van der Waals surface area contributed by atoms with Gasteiger partial charge in [-0.3, -0.25) is 0 Å². The van der Waals surface area contributed by atoms with Crippen LogP contribution >= 0.6 is 24.8 Å². The molecule has 1 aromatic heterocycles. The highest BCUT2D eigenvalue weighted by molar-refractivity contribution is 5.85. The SMILES string of the molecule is Cc1ccnc(N2CCCNCC2)c1.Cl.Cl. The van der Waals surface area contributed by atoms with Crippen molar-refractivity contribution in [3.05, 3.63) is 23.9 Å². The number of anilines is 1. The van der Waals surface area contributed by atoms with Crippen molar-refractivity contribution in [3.63, 3.8) is 0 Å². The Morgan fingerprint density at radius 1 is 1.25 bits per heavy atom. The number of hydrogen-bond donors (Lipinski definition) is 1. The lowest BCUT2D eigenvalue weighted by Crippen LogP contribution is -2.28. The number of halogens is 2. The van der Waals surface area contributed by atoms with Gasteiger partial charge in [0, 0.05) is 25.8 Å². The summed E-state index contributed by atoms with van der Waals surface area (Å²) >= 11 is 0. The number of pyridine rings is 1. The van der Waals surface area contributed by atoms with Gasteiger partial charge in [0.2, 0.25) is 0 Å². The highest BCUT2D eigenvalue weighted by Gasteiger charge is 2.09. The van der Waals surface area contributed by atoms with E-state index >= 15 is 0 Å². The second kappa shape index (κ2) is 7.71. The first kappa shape index (κ1) is 15.5. The van der Waals surface area contributed by atoms with Gasteiger partial charge in [-0.05, 0) is 37.6 Å². The molecule has 0 unspecified atom stereocenters. The summed E-state index contributed by atoms with van der Waals surface area (Å²) in [5, 5.41) is 3.39. The standard InChI is InChI=1S/C11H17N3.2ClH/c1-10-3-5-13-11(9-10)14-7-2-4-12-6-8-14;;/h3,5,9,12H,2,4,6-8H2,1H3;2*1H. The average Bonchev–Trinajstić information content (AvgIpc) is 2.45. The summed E-state index contributed by atoms with van der Waals surface area (Å²) < 4.78 is 0. The maximum Gasteiger partial charge on any atom is 0.128 e. The summed E-state index contributed by atoms with van der Waals surface area (Å²) in [4.78, 5) is 6.76. The van der Waals surface area contributed by atoms with E-state index < -0.39 is 0 Å². The second-order valence-corrected chi connectivity index (χ2v) is 3.78. The minimum absolute atomic E-state index is 0. The van der Waals surface area contributed by atoms with Gasteiger partial charge in [0.25, 0.3) is 0 Å². The Morgan fingerprint density at radius 3 is 2.81 bits per heavy atom. The zero-order valence-electron chi connectivity index (χ0n) is 9.48. The van der Waals surface area contributed by atoms with E-state index in [2.05, 4.69) is 28.2 Å². The number of nitrogens with one attached hydrogen (secondary N) is 1. The Kier molecular flexibility index (Phi) is 7.47. The maximum absolute atomic E-state index is 4.40. The zero-order valence-corrected chi connectivity index (χ0v) is 11.1. The van der Waals surface area contributed by atoms with Crippen LogP contribution in [0.5, 0.6) is 0 Å². The smallest absolute Gasteiger partial charge is 0.128 e. The van der Waals surface area contributed by atoms with Crippen molar-refractivity contribution < 1.29 is 0 Å². The third-order valence-corrected chi connectivity index (χ3v) is 2.57. The van der Waals surface area contributed by atoms with Crippen LogP contribution in [-0.2, 0) is 0 Å². The van der Waals surface area contributed by atoms with Crippen LogP contribution in [0.25, 0.3) is 0 Å². The predicted octanol–water partition coefficient (Wildman–Crippen LogP) is 2.03. The van der Waals surface area contributed by atoms with Crippen molar-refractivity contribution in [1.29, 1.82) is 0 Å². The molecule has 0 saturated carbocycles. The molecule has 0 amide bonds. The molecule has 1 N–H and O–H groups in total. The van der Waals surface area contributed by atoms with Crippen LogP contribution in [-0.4, -0.2) is 31.2 Å². The Labute approximate surface area is 109 Å². The highest BCUT2D eigenvalue weighted by Crippen LogP contribution is 2.12. The van der Waals surface area contributed by atoms with Gasteiger partial charge >= 0.3 is 0 Å². The molecular formula is C11H19Cl2N3. The van der Waals surface area contributed by atoms with Crippen LogP contribution in [0.15, 0.2) is 18.3 Å². The largest absolute Gasteiger partial charge is 0.355 e. The van der Waals surface area contributed by atoms with Crippen LogP contribution in [0, 0.1) is 6.92 Å². The minimum atomic E-state index is 0. The quantitative estimate of drug-likeness (QED) is 0.841. The average molecular weight is 264 g/mol. The van der Waals surface area contributed by atoms with E-state index in [-0.39, 0.29) is 24.8 Å². The molecule has 1 saturated heterocycles. The molecule has 0 bridgehead atoms. The van der Waals surface area contributed by atoms with Crippen LogP contribution in [0.4, 0.5) is 5.82 Å². The second-order valence-electron chi connectivity index (χ2n) is 3.78. The molecule has 0 spiro atoms. The van der Waals surface area contributed by atoms with Gasteiger partial charge in [-0.2, -0.15) is 0 Å². The van der Waals surface area contributed by atoms with E-state index in [4.69, 9.17) is 0 Å². The molecule has 0 aromatic carbocycles. The summed E-state index contributed by atoms with van der Waals surface area (Å²) in [6.45, 7) is 6.49. The third-order valence-electron chi connectivity index (χ3n) is 2.57. The molecular weight excluding hydrogens is 245 g/mol. The Morgan fingerprint density at radius 2 is 2.06 bits per heavy atom. The topological polar surface area (TPSA) is 28.2 Å². The van der Waals surface area contributed by atoms with Crippen molar-refractivity contribution >= 4 is 30.6 Å². The first-order chi connectivity index (χ1) is 6.86. The van der Waals surface area contributed by atoms with Crippen LogP contribution in [0.3, 0.4) is 0 Å². The summed E-state index contributed by atoms with van der Waals surface area (Å²) in [7, 11) is 0. The summed E-state index contributed by atoms with van der Waals surface area (Å²) in [5.41, 5.74) is 1.28. The zero-order chi connectivity index (χ0) is 9.80. The Balaban J connectivity index is 0.00000112. The van der Waals surface area contributed by atoms with Gasteiger partial charge in [-0.1, -0.05) is 0 Å². The van der Waals surface area contributed by atoms with E-state index in [1.165, 1.54) is 12.0 Å². The van der Waals surface area contributed by atoms with Crippen molar-refractivity contribution in [2.24, 2.45) is 0 Å². The fourth-order valence-corrected chi connectivity index (χ4v) is 1.77. The third kappa shape index (κ3) is 4.16. The van der Waals surface area contributed by atoms with Gasteiger partial charge in [0.1, 0.15) is 5.82 Å². The Hall–Kier alpha value is -0.510. The monoisotopic (exact) mass is 263 g/mol. The van der Waals surface area contributed by atoms with E-state index in [9.17, 15) is 0 Å². The maximum atomic E-state index is 4.40. The number of rotatable bonds is 1. The van der Waals surface area contributed by atoms with Gasteiger partial charge in [0.05, 0.1) is 0 Å². The molecule has 1 aliphatic rings. The molecule has 92 valence electrons. The van der Waals surface area contributed by atoms with E-state index in [0.29, 0.717) is 0 Å². The Bertz CT molecular complexity index is 299. The van der Waals surface area contributed by atoms with Gasteiger partial charge < -0.3 is 10.2 Å². The first-order valence-electron chi connectivity index (χ1n) is 5.24. The number of hydrogen-bond acceptors (Lipinski definition) is 3. The van der Waals surface area contributed by atoms with Crippen LogP contribution in [0.2, 0.25) is 0 Å². The molecule has 3 nitrogen and oxygen atoms in total. The van der Waals surface area contributed by atoms with Crippen molar-refractivity contribution in [2.75, 3.05) is 31.1 Å². The summed E-state index contributed by atoms with van der Waals surface area (Å²) in [6, 6.07) is 4.20. The lowest BCUT2D eigenvalue weighted by Gasteiger charge is -2.21. The lowest BCUT2D eigenvalue weighted by atomic mass is 10.3. The highest BCUT2D eigenvalue weighted by atomic mass is 35.5. The van der Waals surface area contributed by atoms with Crippen LogP contribution in [0.1, 0.15) is 12.0 Å². The normalized spacial score (nSPS) is 15.7. The predicted molar refractivity (Wildman–Crippen MR) is 73.2 cm³/mol. The number of nitrogens with zero attached hydrogens (tertiary/aromatic N) is 2. The number of aryl methyl sites for hydroxylation is 1. The molecule has 0 atom stereocenters. The molecule has 5 heteroatoms. The minimum Gasteiger partial charge on any atom is -0.355 e. The van der Waals surface area contributed by atoms with Crippen molar-refractivity contribution in [3.8, 4) is 0 Å². The fraction of sp³-hybridized carbons (Fsp3) is 0.545. The van der Waals surface area contributed by atoms with Gasteiger partial charge in [-0.15, -0.1) is 24.8 Å². The number of aromatic nitrogens is 1. The van der Waals surface area contributed by atoms with E-state index in [1.807, 2.05) is 12.3 Å². The van der Waals surface area contributed by atoms with Crippen LogP contribution < -0.4 is 10.2 Å². The molecule has 1 fully saturated rings. The molecule has 0 radical (unpaired) electrons. The lowest BCUT2D eigenvalue weighted by molar-refractivity contribution is 0.724. The fourth-order valence-electron chi connectivity index (χ4n) is 1.77. The molecule has 2 heterocycles. The summed E-state index contributed by atoms with van der Waals surface area (Å²) in [6.07, 6.45) is 3.10. The molecule has 1 aromatic rings. The van der Waals surface area contributed by atoms with Gasteiger partial charge in [-0.25, -0.2) is 4.98 Å². The molecule has 0 aliphatic carbocycles. The first-order valence-corrected chi connectivity index (χ1v) is 5.24. The molecule has 1 aliphatic heterocycles. The van der Waals surface area contributed by atoms with E-state index in [0.717, 1.165) is 32.0 Å². The van der Waals surface area contributed by atoms with Crippen molar-refractivity contribution in [2.45, 2.75) is 13.3 Å². The van der Waals surface area contributed by atoms with Crippen molar-refractivity contribution in [1.82, 2.24) is 10.3 Å².